The second-order valence-electron chi connectivity index (χ2n) is 3.90. The number of morpholine rings is 1. The molecule has 0 spiro atoms. The molecule has 1 heterocycles. The maximum absolute atomic E-state index is 5.31. The third kappa shape index (κ3) is 7.17. The highest BCUT2D eigenvalue weighted by molar-refractivity contribution is 7.98. The molecule has 0 radical (unpaired) electrons. The van der Waals surface area contributed by atoms with Crippen molar-refractivity contribution < 1.29 is 4.74 Å². The number of thioether (sulfide) groups is 1. The highest BCUT2D eigenvalue weighted by Crippen LogP contribution is 1.98. The average molecular weight is 232 g/mol. The minimum Gasteiger partial charge on any atom is -0.379 e. The zero-order chi connectivity index (χ0) is 10.8. The summed E-state index contributed by atoms with van der Waals surface area (Å²) in [7, 11) is 0. The van der Waals surface area contributed by atoms with E-state index in [0.29, 0.717) is 0 Å². The Bertz CT molecular complexity index is 141. The second-order valence-corrected chi connectivity index (χ2v) is 4.89. The average Bonchev–Trinajstić information content (AvgIpc) is 2.29. The van der Waals surface area contributed by atoms with Crippen molar-refractivity contribution in [3.8, 4) is 0 Å². The van der Waals surface area contributed by atoms with Gasteiger partial charge >= 0.3 is 0 Å². The van der Waals surface area contributed by atoms with Crippen molar-refractivity contribution in [2.75, 3.05) is 57.9 Å². The van der Waals surface area contributed by atoms with E-state index in [1.807, 2.05) is 11.8 Å². The van der Waals surface area contributed by atoms with Crippen molar-refractivity contribution >= 4 is 11.8 Å². The molecular weight excluding hydrogens is 208 g/mol. The molecule has 0 aliphatic carbocycles. The number of hydrogen-bond acceptors (Lipinski definition) is 4. The van der Waals surface area contributed by atoms with Crippen molar-refractivity contribution in [2.45, 2.75) is 12.8 Å². The van der Waals surface area contributed by atoms with Gasteiger partial charge in [0.25, 0.3) is 0 Å². The van der Waals surface area contributed by atoms with E-state index in [1.165, 1.54) is 31.7 Å². The topological polar surface area (TPSA) is 24.5 Å². The molecule has 4 heteroatoms. The molecule has 15 heavy (non-hydrogen) atoms. The summed E-state index contributed by atoms with van der Waals surface area (Å²) in [6.07, 6.45) is 4.82. The van der Waals surface area contributed by atoms with Gasteiger partial charge in [0.1, 0.15) is 0 Å². The Labute approximate surface area is 97.9 Å². The lowest BCUT2D eigenvalue weighted by Crippen LogP contribution is -2.40. The van der Waals surface area contributed by atoms with Gasteiger partial charge in [-0.2, -0.15) is 11.8 Å². The molecule has 1 fully saturated rings. The monoisotopic (exact) mass is 232 g/mol. The molecular formula is C11H24N2OS. The minimum atomic E-state index is 0.910. The summed E-state index contributed by atoms with van der Waals surface area (Å²) < 4.78 is 5.31. The molecule has 1 N–H and O–H groups in total. The van der Waals surface area contributed by atoms with Gasteiger partial charge in [-0.1, -0.05) is 0 Å². The van der Waals surface area contributed by atoms with Crippen LogP contribution in [0.15, 0.2) is 0 Å². The van der Waals surface area contributed by atoms with E-state index < -0.39 is 0 Å². The summed E-state index contributed by atoms with van der Waals surface area (Å²) in [4.78, 5) is 2.47. The molecule has 1 aliphatic rings. The third-order valence-electron chi connectivity index (χ3n) is 2.66. The molecule has 0 bridgehead atoms. The summed E-state index contributed by atoms with van der Waals surface area (Å²) in [5, 5.41) is 3.50. The largest absolute Gasteiger partial charge is 0.379 e. The first kappa shape index (κ1) is 13.3. The van der Waals surface area contributed by atoms with Gasteiger partial charge in [0.05, 0.1) is 13.2 Å². The van der Waals surface area contributed by atoms with E-state index >= 15 is 0 Å². The Kier molecular flexibility index (Phi) is 8.38. The third-order valence-corrected chi connectivity index (χ3v) is 3.36. The standard InChI is InChI=1S/C11H24N2OS/c1-15-11-3-2-4-12-5-6-13-7-9-14-10-8-13/h12H,2-11H2,1H3. The smallest absolute Gasteiger partial charge is 0.0594 e. The molecule has 0 saturated carbocycles. The maximum Gasteiger partial charge on any atom is 0.0594 e. The molecule has 3 nitrogen and oxygen atoms in total. The van der Waals surface area contributed by atoms with Gasteiger partial charge in [-0.3, -0.25) is 4.90 Å². The van der Waals surface area contributed by atoms with Gasteiger partial charge in [-0.05, 0) is 31.4 Å². The van der Waals surface area contributed by atoms with E-state index in [4.69, 9.17) is 4.74 Å². The predicted molar refractivity (Wildman–Crippen MR) is 67.7 cm³/mol. The molecule has 0 aromatic heterocycles. The van der Waals surface area contributed by atoms with Crippen LogP contribution in [-0.4, -0.2) is 62.8 Å². The van der Waals surface area contributed by atoms with Gasteiger partial charge in [0.15, 0.2) is 0 Å². The van der Waals surface area contributed by atoms with E-state index in [1.54, 1.807) is 0 Å². The van der Waals surface area contributed by atoms with Crippen LogP contribution in [0.5, 0.6) is 0 Å². The first-order valence-corrected chi connectivity index (χ1v) is 7.32. The highest BCUT2D eigenvalue weighted by Gasteiger charge is 2.08. The van der Waals surface area contributed by atoms with Crippen LogP contribution < -0.4 is 5.32 Å². The van der Waals surface area contributed by atoms with Gasteiger partial charge in [-0.25, -0.2) is 0 Å². The Morgan fingerprint density at radius 2 is 2.00 bits per heavy atom. The van der Waals surface area contributed by atoms with Gasteiger partial charge < -0.3 is 10.1 Å². The number of ether oxygens (including phenoxy) is 1. The maximum atomic E-state index is 5.31. The van der Waals surface area contributed by atoms with Crippen molar-refractivity contribution in [2.24, 2.45) is 0 Å². The fourth-order valence-corrected chi connectivity index (χ4v) is 2.18. The van der Waals surface area contributed by atoms with E-state index in [2.05, 4.69) is 16.5 Å². The van der Waals surface area contributed by atoms with Crippen LogP contribution in [0.1, 0.15) is 12.8 Å². The summed E-state index contributed by atoms with van der Waals surface area (Å²) in [6, 6.07) is 0. The number of nitrogens with zero attached hydrogens (tertiary/aromatic N) is 1. The normalized spacial score (nSPS) is 18.2. The molecule has 1 saturated heterocycles. The minimum absolute atomic E-state index is 0.910. The SMILES string of the molecule is CSCCCCNCCN1CCOCC1. The molecule has 0 unspecified atom stereocenters. The summed E-state index contributed by atoms with van der Waals surface area (Å²) in [6.45, 7) is 7.50. The molecule has 0 aromatic rings. The lowest BCUT2D eigenvalue weighted by Gasteiger charge is -2.26. The second kappa shape index (κ2) is 9.46. The molecule has 90 valence electrons. The van der Waals surface area contributed by atoms with Crippen molar-refractivity contribution in [1.29, 1.82) is 0 Å². The molecule has 1 rings (SSSR count). The molecule has 0 aromatic carbocycles. The van der Waals surface area contributed by atoms with E-state index in [0.717, 1.165) is 32.8 Å². The van der Waals surface area contributed by atoms with Crippen LogP contribution >= 0.6 is 11.8 Å². The summed E-state index contributed by atoms with van der Waals surface area (Å²) >= 11 is 1.94. The zero-order valence-electron chi connectivity index (χ0n) is 9.83. The Balaban J connectivity index is 1.79. The number of hydrogen-bond donors (Lipinski definition) is 1. The Hall–Kier alpha value is 0.230. The van der Waals surface area contributed by atoms with Crippen LogP contribution in [0.4, 0.5) is 0 Å². The van der Waals surface area contributed by atoms with Crippen molar-refractivity contribution in [3.63, 3.8) is 0 Å². The number of nitrogens with one attached hydrogen (secondary N) is 1. The lowest BCUT2D eigenvalue weighted by molar-refractivity contribution is 0.0384. The first-order valence-electron chi connectivity index (χ1n) is 5.93. The number of rotatable bonds is 8. The van der Waals surface area contributed by atoms with Gasteiger partial charge in [0, 0.05) is 26.2 Å². The zero-order valence-corrected chi connectivity index (χ0v) is 10.7. The van der Waals surface area contributed by atoms with Gasteiger partial charge in [0.2, 0.25) is 0 Å². The van der Waals surface area contributed by atoms with Crippen molar-refractivity contribution in [3.05, 3.63) is 0 Å². The highest BCUT2D eigenvalue weighted by atomic mass is 32.2. The Morgan fingerprint density at radius 3 is 2.73 bits per heavy atom. The fraction of sp³-hybridized carbons (Fsp3) is 1.00. The van der Waals surface area contributed by atoms with Crippen LogP contribution in [0, 0.1) is 0 Å². The van der Waals surface area contributed by atoms with E-state index in [9.17, 15) is 0 Å². The number of unbranched alkanes of at least 4 members (excludes halogenated alkanes) is 1. The predicted octanol–water partition coefficient (Wildman–Crippen LogP) is 1.05. The first-order chi connectivity index (χ1) is 7.43. The molecule has 0 amide bonds. The lowest BCUT2D eigenvalue weighted by atomic mass is 10.3. The van der Waals surface area contributed by atoms with Crippen LogP contribution in [-0.2, 0) is 4.74 Å². The van der Waals surface area contributed by atoms with E-state index in [-0.39, 0.29) is 0 Å². The fourth-order valence-electron chi connectivity index (χ4n) is 1.68. The van der Waals surface area contributed by atoms with Crippen LogP contribution in [0.2, 0.25) is 0 Å². The quantitative estimate of drug-likeness (QED) is 0.632. The van der Waals surface area contributed by atoms with Crippen LogP contribution in [0.3, 0.4) is 0 Å². The summed E-state index contributed by atoms with van der Waals surface area (Å²) in [5.74, 6) is 1.30. The molecule has 1 aliphatic heterocycles. The van der Waals surface area contributed by atoms with Gasteiger partial charge in [-0.15, -0.1) is 0 Å². The van der Waals surface area contributed by atoms with Crippen molar-refractivity contribution in [1.82, 2.24) is 10.2 Å². The van der Waals surface area contributed by atoms with Crippen LogP contribution in [0.25, 0.3) is 0 Å². The summed E-state index contributed by atoms with van der Waals surface area (Å²) in [5.41, 5.74) is 0. The molecule has 0 atom stereocenters. The Morgan fingerprint density at radius 1 is 1.20 bits per heavy atom.